The minimum Gasteiger partial charge on any atom is -0.377 e. The zero-order chi connectivity index (χ0) is 11.9. The highest BCUT2D eigenvalue weighted by molar-refractivity contribution is 9.10. The van der Waals surface area contributed by atoms with Gasteiger partial charge in [-0.05, 0) is 49.9 Å². The third-order valence-electron chi connectivity index (χ3n) is 3.16. The second-order valence-corrected chi connectivity index (χ2v) is 5.53. The van der Waals surface area contributed by atoms with E-state index < -0.39 is 0 Å². The molecule has 1 aliphatic heterocycles. The first kappa shape index (κ1) is 13.1. The fourth-order valence-corrected chi connectivity index (χ4v) is 2.70. The van der Waals surface area contributed by atoms with Crippen molar-refractivity contribution in [3.8, 4) is 0 Å². The molecule has 1 atom stereocenters. The van der Waals surface area contributed by atoms with E-state index in [0.29, 0.717) is 0 Å². The molecule has 0 radical (unpaired) electrons. The predicted molar refractivity (Wildman–Crippen MR) is 74.1 cm³/mol. The second-order valence-electron chi connectivity index (χ2n) is 4.62. The Kier molecular flexibility index (Phi) is 5.49. The van der Waals surface area contributed by atoms with Gasteiger partial charge in [0.15, 0.2) is 0 Å². The number of ether oxygens (including phenoxy) is 1. The molecular formula is C14H20BrNO. The Morgan fingerprint density at radius 2 is 2.35 bits per heavy atom. The third-order valence-corrected chi connectivity index (χ3v) is 3.65. The Balaban J connectivity index is 1.56. The van der Waals surface area contributed by atoms with Crippen LogP contribution in [-0.2, 0) is 11.3 Å². The van der Waals surface area contributed by atoms with Crippen molar-refractivity contribution in [2.24, 2.45) is 0 Å². The lowest BCUT2D eigenvalue weighted by molar-refractivity contribution is 0.115. The fourth-order valence-electron chi connectivity index (χ4n) is 2.25. The average molecular weight is 298 g/mol. The summed E-state index contributed by atoms with van der Waals surface area (Å²) in [6.07, 6.45) is 5.08. The first-order valence-corrected chi connectivity index (χ1v) is 7.19. The first-order chi connectivity index (χ1) is 8.34. The van der Waals surface area contributed by atoms with E-state index >= 15 is 0 Å². The topological polar surface area (TPSA) is 21.3 Å². The standard InChI is InChI=1S/C14H20BrNO/c15-13-5-1-4-12(10-13)11-17-9-3-7-14-6-2-8-16-14/h1,4-5,10,14,16H,2-3,6-9,11H2. The van der Waals surface area contributed by atoms with E-state index in [1.807, 2.05) is 12.1 Å². The van der Waals surface area contributed by atoms with E-state index in [-0.39, 0.29) is 0 Å². The zero-order valence-electron chi connectivity index (χ0n) is 10.1. The normalized spacial score (nSPS) is 19.7. The van der Waals surface area contributed by atoms with Crippen LogP contribution in [0.25, 0.3) is 0 Å². The Morgan fingerprint density at radius 1 is 1.41 bits per heavy atom. The molecule has 3 heteroatoms. The van der Waals surface area contributed by atoms with E-state index in [0.717, 1.165) is 30.1 Å². The summed E-state index contributed by atoms with van der Waals surface area (Å²) >= 11 is 3.47. The predicted octanol–water partition coefficient (Wildman–Crippen LogP) is 3.50. The van der Waals surface area contributed by atoms with Crippen molar-refractivity contribution in [2.45, 2.75) is 38.3 Å². The maximum atomic E-state index is 5.69. The van der Waals surface area contributed by atoms with Gasteiger partial charge in [0.25, 0.3) is 0 Å². The van der Waals surface area contributed by atoms with Gasteiger partial charge in [0.2, 0.25) is 0 Å². The quantitative estimate of drug-likeness (QED) is 0.812. The molecule has 0 amide bonds. The van der Waals surface area contributed by atoms with E-state index in [4.69, 9.17) is 4.74 Å². The van der Waals surface area contributed by atoms with Gasteiger partial charge in [0, 0.05) is 17.1 Å². The highest BCUT2D eigenvalue weighted by Crippen LogP contribution is 2.13. The summed E-state index contributed by atoms with van der Waals surface area (Å²) in [6, 6.07) is 9.03. The van der Waals surface area contributed by atoms with Crippen LogP contribution in [0.4, 0.5) is 0 Å². The molecule has 1 aromatic carbocycles. The highest BCUT2D eigenvalue weighted by Gasteiger charge is 2.12. The molecule has 0 spiro atoms. The van der Waals surface area contributed by atoms with Crippen LogP contribution in [0.1, 0.15) is 31.2 Å². The van der Waals surface area contributed by atoms with E-state index in [9.17, 15) is 0 Å². The van der Waals surface area contributed by atoms with Crippen LogP contribution in [0.5, 0.6) is 0 Å². The van der Waals surface area contributed by atoms with Crippen molar-refractivity contribution in [3.05, 3.63) is 34.3 Å². The van der Waals surface area contributed by atoms with Crippen molar-refractivity contribution >= 4 is 15.9 Å². The van der Waals surface area contributed by atoms with Gasteiger partial charge in [0.1, 0.15) is 0 Å². The molecular weight excluding hydrogens is 278 g/mol. The molecule has 0 saturated carbocycles. The molecule has 1 N–H and O–H groups in total. The monoisotopic (exact) mass is 297 g/mol. The van der Waals surface area contributed by atoms with Gasteiger partial charge in [-0.15, -0.1) is 0 Å². The van der Waals surface area contributed by atoms with Crippen LogP contribution in [0, 0.1) is 0 Å². The van der Waals surface area contributed by atoms with Crippen molar-refractivity contribution in [2.75, 3.05) is 13.2 Å². The van der Waals surface area contributed by atoms with E-state index in [1.165, 1.54) is 31.4 Å². The molecule has 94 valence electrons. The van der Waals surface area contributed by atoms with Crippen LogP contribution >= 0.6 is 15.9 Å². The SMILES string of the molecule is Brc1cccc(COCCCC2CCCN2)c1. The van der Waals surface area contributed by atoms with Crippen molar-refractivity contribution in [1.82, 2.24) is 5.32 Å². The molecule has 1 fully saturated rings. The summed E-state index contributed by atoms with van der Waals surface area (Å²) in [5, 5.41) is 3.51. The van der Waals surface area contributed by atoms with Gasteiger partial charge in [-0.1, -0.05) is 28.1 Å². The summed E-state index contributed by atoms with van der Waals surface area (Å²) in [7, 11) is 0. The van der Waals surface area contributed by atoms with Gasteiger partial charge in [-0.2, -0.15) is 0 Å². The lowest BCUT2D eigenvalue weighted by Crippen LogP contribution is -2.21. The molecule has 0 aromatic heterocycles. The van der Waals surface area contributed by atoms with Gasteiger partial charge in [-0.25, -0.2) is 0 Å². The number of halogens is 1. The van der Waals surface area contributed by atoms with E-state index in [2.05, 4.69) is 33.4 Å². The molecule has 2 nitrogen and oxygen atoms in total. The van der Waals surface area contributed by atoms with Crippen LogP contribution in [0.15, 0.2) is 28.7 Å². The molecule has 1 unspecified atom stereocenters. The fraction of sp³-hybridized carbons (Fsp3) is 0.571. The largest absolute Gasteiger partial charge is 0.377 e. The minimum absolute atomic E-state index is 0.720. The smallest absolute Gasteiger partial charge is 0.0717 e. The molecule has 1 aromatic rings. The average Bonchev–Trinajstić information content (AvgIpc) is 2.82. The van der Waals surface area contributed by atoms with Crippen LogP contribution in [-0.4, -0.2) is 19.2 Å². The lowest BCUT2D eigenvalue weighted by atomic mass is 10.1. The van der Waals surface area contributed by atoms with Crippen LogP contribution in [0.3, 0.4) is 0 Å². The molecule has 17 heavy (non-hydrogen) atoms. The van der Waals surface area contributed by atoms with Crippen molar-refractivity contribution < 1.29 is 4.74 Å². The second kappa shape index (κ2) is 7.14. The molecule has 1 heterocycles. The van der Waals surface area contributed by atoms with Crippen LogP contribution < -0.4 is 5.32 Å². The number of rotatable bonds is 6. The maximum absolute atomic E-state index is 5.69. The summed E-state index contributed by atoms with van der Waals surface area (Å²) < 4.78 is 6.81. The summed E-state index contributed by atoms with van der Waals surface area (Å²) in [5.74, 6) is 0. The van der Waals surface area contributed by atoms with Gasteiger partial charge < -0.3 is 10.1 Å². The molecule has 1 saturated heterocycles. The lowest BCUT2D eigenvalue weighted by Gasteiger charge is -2.10. The zero-order valence-corrected chi connectivity index (χ0v) is 11.7. The molecule has 0 aliphatic carbocycles. The van der Waals surface area contributed by atoms with Crippen molar-refractivity contribution in [1.29, 1.82) is 0 Å². The number of nitrogens with one attached hydrogen (secondary N) is 1. The van der Waals surface area contributed by atoms with Crippen molar-refractivity contribution in [3.63, 3.8) is 0 Å². The molecule has 1 aliphatic rings. The maximum Gasteiger partial charge on any atom is 0.0717 e. The molecule has 0 bridgehead atoms. The highest BCUT2D eigenvalue weighted by atomic mass is 79.9. The first-order valence-electron chi connectivity index (χ1n) is 6.40. The van der Waals surface area contributed by atoms with Gasteiger partial charge in [-0.3, -0.25) is 0 Å². The Morgan fingerprint density at radius 3 is 3.12 bits per heavy atom. The minimum atomic E-state index is 0.720. The molecule has 2 rings (SSSR count). The number of benzene rings is 1. The summed E-state index contributed by atoms with van der Waals surface area (Å²) in [6.45, 7) is 2.78. The van der Waals surface area contributed by atoms with Crippen LogP contribution in [0.2, 0.25) is 0 Å². The Labute approximate surface area is 112 Å². The van der Waals surface area contributed by atoms with Gasteiger partial charge in [0.05, 0.1) is 6.61 Å². The summed E-state index contributed by atoms with van der Waals surface area (Å²) in [5.41, 5.74) is 1.23. The Hall–Kier alpha value is -0.380. The van der Waals surface area contributed by atoms with E-state index in [1.54, 1.807) is 0 Å². The number of hydrogen-bond donors (Lipinski definition) is 1. The number of hydrogen-bond acceptors (Lipinski definition) is 2. The summed E-state index contributed by atoms with van der Waals surface area (Å²) in [4.78, 5) is 0. The Bertz CT molecular complexity index is 337. The third kappa shape index (κ3) is 4.78. The van der Waals surface area contributed by atoms with Gasteiger partial charge >= 0.3 is 0 Å².